The maximum atomic E-state index is 11.6. The molecule has 0 spiro atoms. The van der Waals surface area contributed by atoms with Crippen molar-refractivity contribution in [3.05, 3.63) is 24.3 Å². The zero-order valence-corrected chi connectivity index (χ0v) is 15.9. The number of ether oxygens (including phenoxy) is 1. The molecule has 136 valence electrons. The van der Waals surface area contributed by atoms with Crippen molar-refractivity contribution in [3.8, 4) is 0 Å². The average molecular weight is 345 g/mol. The third-order valence-corrected chi connectivity index (χ3v) is 5.81. The summed E-state index contributed by atoms with van der Waals surface area (Å²) in [6.45, 7) is 9.99. The topological polar surface area (TPSA) is 48.0 Å². The Morgan fingerprint density at radius 3 is 2.08 bits per heavy atom. The molecule has 2 aliphatic heterocycles. The van der Waals surface area contributed by atoms with Crippen LogP contribution in [-0.4, -0.2) is 44.5 Å². The fourth-order valence-electron chi connectivity index (χ4n) is 3.36. The smallest absolute Gasteiger partial charge is 0.469 e. The van der Waals surface area contributed by atoms with Gasteiger partial charge in [-0.1, -0.05) is 12.1 Å². The molecule has 6 heteroatoms. The number of nitrogens with zero attached hydrogens (tertiary/aromatic N) is 1. The van der Waals surface area contributed by atoms with E-state index in [2.05, 4.69) is 56.9 Å². The van der Waals surface area contributed by atoms with Crippen LogP contribution in [0.4, 0.5) is 5.69 Å². The van der Waals surface area contributed by atoms with Crippen LogP contribution in [0.25, 0.3) is 0 Å². The van der Waals surface area contributed by atoms with Crippen LogP contribution in [-0.2, 0) is 18.8 Å². The summed E-state index contributed by atoms with van der Waals surface area (Å²) in [5.41, 5.74) is 1.55. The summed E-state index contributed by atoms with van der Waals surface area (Å²) in [5, 5.41) is 0. The fourth-order valence-corrected chi connectivity index (χ4v) is 3.36. The molecule has 2 heterocycles. The van der Waals surface area contributed by atoms with Crippen LogP contribution < -0.4 is 10.4 Å². The number of hydrogen-bond donors (Lipinski definition) is 0. The highest BCUT2D eigenvalue weighted by Gasteiger charge is 2.51. The summed E-state index contributed by atoms with van der Waals surface area (Å²) < 4.78 is 17.1. The number of carbonyl (C=O) groups is 1. The normalized spacial score (nSPS) is 22.9. The summed E-state index contributed by atoms with van der Waals surface area (Å²) in [6.07, 6.45) is 1.68. The predicted molar refractivity (Wildman–Crippen MR) is 99.1 cm³/mol. The third kappa shape index (κ3) is 3.56. The van der Waals surface area contributed by atoms with E-state index >= 15 is 0 Å². The molecular formula is C19H28BNO4. The van der Waals surface area contributed by atoms with E-state index in [1.165, 1.54) is 12.8 Å². The second-order valence-electron chi connectivity index (χ2n) is 7.96. The first-order chi connectivity index (χ1) is 11.7. The van der Waals surface area contributed by atoms with Gasteiger partial charge >= 0.3 is 13.1 Å². The van der Waals surface area contributed by atoms with Crippen molar-refractivity contribution < 1.29 is 18.8 Å². The van der Waals surface area contributed by atoms with Gasteiger partial charge in [0, 0.05) is 18.8 Å². The molecule has 2 saturated heterocycles. The van der Waals surface area contributed by atoms with Gasteiger partial charge < -0.3 is 18.9 Å². The molecule has 1 aromatic carbocycles. The number of carbonyl (C=O) groups excluding carboxylic acids is 1. The first kappa shape index (κ1) is 18.3. The number of rotatable bonds is 3. The van der Waals surface area contributed by atoms with Gasteiger partial charge in [-0.05, 0) is 58.1 Å². The van der Waals surface area contributed by atoms with Crippen LogP contribution in [0.2, 0.25) is 0 Å². The lowest BCUT2D eigenvalue weighted by molar-refractivity contribution is -0.146. The Labute approximate surface area is 150 Å². The predicted octanol–water partition coefficient (Wildman–Crippen LogP) is 2.38. The standard InChI is InChI=1S/C19H28BNO4/c1-18(2)19(3,4)25-20(24-18)15-6-8-16(9-7-15)21-12-10-14(11-13-21)17(22)23-5/h6-9,14H,10-13H2,1-5H3. The minimum atomic E-state index is -0.330. The van der Waals surface area contributed by atoms with Crippen molar-refractivity contribution in [2.24, 2.45) is 5.92 Å². The Morgan fingerprint density at radius 1 is 1.08 bits per heavy atom. The van der Waals surface area contributed by atoms with Gasteiger partial charge in [0.1, 0.15) is 0 Å². The van der Waals surface area contributed by atoms with Gasteiger partial charge in [-0.3, -0.25) is 4.79 Å². The third-order valence-electron chi connectivity index (χ3n) is 5.81. The molecule has 0 atom stereocenters. The molecule has 3 rings (SSSR count). The minimum Gasteiger partial charge on any atom is -0.469 e. The number of hydrogen-bond acceptors (Lipinski definition) is 5. The molecular weight excluding hydrogens is 317 g/mol. The zero-order valence-electron chi connectivity index (χ0n) is 15.9. The van der Waals surface area contributed by atoms with Gasteiger partial charge in [0.05, 0.1) is 24.2 Å². The Bertz CT molecular complexity index is 605. The molecule has 0 amide bonds. The lowest BCUT2D eigenvalue weighted by atomic mass is 9.79. The highest BCUT2D eigenvalue weighted by Crippen LogP contribution is 2.36. The van der Waals surface area contributed by atoms with Crippen molar-refractivity contribution in [2.75, 3.05) is 25.1 Å². The van der Waals surface area contributed by atoms with Crippen LogP contribution in [0.15, 0.2) is 24.3 Å². The number of anilines is 1. The second kappa shape index (κ2) is 6.65. The van der Waals surface area contributed by atoms with E-state index in [0.29, 0.717) is 0 Å². The van der Waals surface area contributed by atoms with E-state index in [0.717, 1.165) is 31.4 Å². The molecule has 0 aliphatic carbocycles. The first-order valence-corrected chi connectivity index (χ1v) is 9.02. The van der Waals surface area contributed by atoms with Crippen molar-refractivity contribution in [3.63, 3.8) is 0 Å². The fraction of sp³-hybridized carbons (Fsp3) is 0.632. The van der Waals surface area contributed by atoms with Crippen LogP contribution in [0, 0.1) is 5.92 Å². The minimum absolute atomic E-state index is 0.0327. The lowest BCUT2D eigenvalue weighted by Crippen LogP contribution is -2.41. The highest BCUT2D eigenvalue weighted by atomic mass is 16.7. The maximum absolute atomic E-state index is 11.6. The SMILES string of the molecule is COC(=O)C1CCN(c2ccc(B3OC(C)(C)C(C)(C)O3)cc2)CC1. The number of esters is 1. The number of methoxy groups -OCH3 is 1. The summed E-state index contributed by atoms with van der Waals surface area (Å²) in [5.74, 6) is -0.0546. The zero-order chi connectivity index (χ0) is 18.2. The number of piperidine rings is 1. The van der Waals surface area contributed by atoms with Crippen molar-refractivity contribution in [1.29, 1.82) is 0 Å². The van der Waals surface area contributed by atoms with E-state index in [1.807, 2.05) is 0 Å². The molecule has 0 unspecified atom stereocenters. The lowest BCUT2D eigenvalue weighted by Gasteiger charge is -2.32. The van der Waals surface area contributed by atoms with Gasteiger partial charge in [-0.2, -0.15) is 0 Å². The average Bonchev–Trinajstić information content (AvgIpc) is 2.82. The largest absolute Gasteiger partial charge is 0.494 e. The summed E-state index contributed by atoms with van der Waals surface area (Å²) in [6, 6.07) is 8.37. The van der Waals surface area contributed by atoms with Crippen molar-refractivity contribution in [1.82, 2.24) is 0 Å². The Morgan fingerprint density at radius 2 is 1.60 bits per heavy atom. The quantitative estimate of drug-likeness (QED) is 0.622. The molecule has 5 nitrogen and oxygen atoms in total. The second-order valence-corrected chi connectivity index (χ2v) is 7.96. The van der Waals surface area contributed by atoms with Gasteiger partial charge in [0.15, 0.2) is 0 Å². The monoisotopic (exact) mass is 345 g/mol. The molecule has 0 aromatic heterocycles. The molecule has 1 aromatic rings. The molecule has 2 aliphatic rings. The van der Waals surface area contributed by atoms with Crippen molar-refractivity contribution in [2.45, 2.75) is 51.7 Å². The molecule has 25 heavy (non-hydrogen) atoms. The molecule has 0 bridgehead atoms. The van der Waals surface area contributed by atoms with E-state index in [4.69, 9.17) is 14.0 Å². The van der Waals surface area contributed by atoms with E-state index in [1.54, 1.807) is 0 Å². The summed E-state index contributed by atoms with van der Waals surface area (Å²) in [4.78, 5) is 14.0. The van der Waals surface area contributed by atoms with Gasteiger partial charge in [0.25, 0.3) is 0 Å². The Balaban J connectivity index is 1.63. The van der Waals surface area contributed by atoms with Crippen molar-refractivity contribution >= 4 is 24.2 Å². The van der Waals surface area contributed by atoms with E-state index in [-0.39, 0.29) is 30.2 Å². The van der Waals surface area contributed by atoms with E-state index in [9.17, 15) is 4.79 Å². The van der Waals surface area contributed by atoms with Gasteiger partial charge in [-0.25, -0.2) is 0 Å². The molecule has 0 N–H and O–H groups in total. The van der Waals surface area contributed by atoms with Gasteiger partial charge in [-0.15, -0.1) is 0 Å². The van der Waals surface area contributed by atoms with E-state index < -0.39 is 0 Å². The highest BCUT2D eigenvalue weighted by molar-refractivity contribution is 6.62. The first-order valence-electron chi connectivity index (χ1n) is 9.02. The summed E-state index contributed by atoms with van der Waals surface area (Å²) in [7, 11) is 1.13. The molecule has 2 fully saturated rings. The summed E-state index contributed by atoms with van der Waals surface area (Å²) >= 11 is 0. The van der Waals surface area contributed by atoms with Crippen LogP contribution in [0.1, 0.15) is 40.5 Å². The maximum Gasteiger partial charge on any atom is 0.494 e. The van der Waals surface area contributed by atoms with Gasteiger partial charge in [0.2, 0.25) is 0 Å². The number of benzene rings is 1. The van der Waals surface area contributed by atoms with Crippen LogP contribution in [0.3, 0.4) is 0 Å². The van der Waals surface area contributed by atoms with Crippen LogP contribution >= 0.6 is 0 Å². The Hall–Kier alpha value is -1.53. The Kier molecular flexibility index (Phi) is 4.86. The molecule has 0 radical (unpaired) electrons. The van der Waals surface area contributed by atoms with Crippen LogP contribution in [0.5, 0.6) is 0 Å². The molecule has 0 saturated carbocycles.